The molecular weight excluding hydrogens is 416 g/mol. The van der Waals surface area contributed by atoms with Crippen molar-refractivity contribution in [2.24, 2.45) is 0 Å². The Labute approximate surface area is 175 Å². The van der Waals surface area contributed by atoms with Crippen molar-refractivity contribution in [3.63, 3.8) is 0 Å². The van der Waals surface area contributed by atoms with E-state index in [1.807, 2.05) is 6.07 Å². The number of hydrogen-bond donors (Lipinski definition) is 0. The summed E-state index contributed by atoms with van der Waals surface area (Å²) in [5.41, 5.74) is 0.446. The fraction of sp³-hybridized carbons (Fsp3) is 0.350. The summed E-state index contributed by atoms with van der Waals surface area (Å²) in [6, 6.07) is 9.90. The van der Waals surface area contributed by atoms with Gasteiger partial charge in [-0.05, 0) is 49.2 Å². The van der Waals surface area contributed by atoms with Crippen LogP contribution in [0.1, 0.15) is 34.5 Å². The van der Waals surface area contributed by atoms with Gasteiger partial charge in [-0.25, -0.2) is 8.42 Å². The Bertz CT molecular complexity index is 933. The fourth-order valence-electron chi connectivity index (χ4n) is 3.21. The van der Waals surface area contributed by atoms with Crippen LogP contribution in [-0.2, 0) is 16.6 Å². The molecule has 1 aromatic heterocycles. The zero-order valence-electron chi connectivity index (χ0n) is 15.5. The summed E-state index contributed by atoms with van der Waals surface area (Å²) in [5.74, 6) is -0.175. The average molecular weight is 439 g/mol. The van der Waals surface area contributed by atoms with Crippen LogP contribution in [0.2, 0.25) is 4.34 Å². The molecule has 1 aromatic carbocycles. The maximum atomic E-state index is 12.9. The van der Waals surface area contributed by atoms with Gasteiger partial charge in [0.1, 0.15) is 0 Å². The van der Waals surface area contributed by atoms with E-state index >= 15 is 0 Å². The summed E-state index contributed by atoms with van der Waals surface area (Å²) < 4.78 is 27.7. The fourth-order valence-corrected chi connectivity index (χ4v) is 5.83. The Morgan fingerprint density at radius 1 is 1.14 bits per heavy atom. The predicted molar refractivity (Wildman–Crippen MR) is 113 cm³/mol. The summed E-state index contributed by atoms with van der Waals surface area (Å²) in [4.78, 5) is 15.8. The largest absolute Gasteiger partial charge is 0.330 e. The van der Waals surface area contributed by atoms with E-state index in [0.29, 0.717) is 36.1 Å². The van der Waals surface area contributed by atoms with Crippen LogP contribution >= 0.6 is 22.9 Å². The monoisotopic (exact) mass is 438 g/mol. The van der Waals surface area contributed by atoms with Gasteiger partial charge >= 0.3 is 0 Å². The Hall–Kier alpha value is -1.67. The first kappa shape index (κ1) is 21.0. The maximum absolute atomic E-state index is 12.9. The Kier molecular flexibility index (Phi) is 6.93. The molecule has 1 aliphatic rings. The molecule has 1 aliphatic heterocycles. The molecule has 3 rings (SSSR count). The molecular formula is C20H23ClN2O3S2. The number of thiophene rings is 1. The molecule has 0 N–H and O–H groups in total. The third kappa shape index (κ3) is 4.84. The molecule has 1 amide bonds. The number of halogens is 1. The van der Waals surface area contributed by atoms with Crippen molar-refractivity contribution in [2.45, 2.75) is 30.7 Å². The van der Waals surface area contributed by atoms with E-state index in [1.165, 1.54) is 27.8 Å². The molecule has 5 nitrogen and oxygen atoms in total. The van der Waals surface area contributed by atoms with Crippen LogP contribution < -0.4 is 0 Å². The van der Waals surface area contributed by atoms with E-state index in [4.69, 9.17) is 11.6 Å². The highest BCUT2D eigenvalue weighted by Gasteiger charge is 2.26. The van der Waals surface area contributed by atoms with Crippen molar-refractivity contribution in [3.05, 3.63) is 63.8 Å². The third-order valence-electron chi connectivity index (χ3n) is 4.67. The van der Waals surface area contributed by atoms with Gasteiger partial charge in [0, 0.05) is 30.1 Å². The minimum absolute atomic E-state index is 0.175. The summed E-state index contributed by atoms with van der Waals surface area (Å²) >= 11 is 7.40. The number of benzene rings is 1. The lowest BCUT2D eigenvalue weighted by atomic mass is 10.2. The van der Waals surface area contributed by atoms with Gasteiger partial charge < -0.3 is 4.90 Å². The van der Waals surface area contributed by atoms with Crippen LogP contribution in [0.3, 0.4) is 0 Å². The standard InChI is InChI=1S/C20H23ClN2O3S2/c1-2-12-22(15-17-8-11-19(21)27-17)20(24)16-6-9-18(10-7-16)28(25,26)23-13-4-3-5-14-23/h2,6-11H,1,3-5,12-15H2. The molecule has 0 aliphatic carbocycles. The number of carbonyl (C=O) groups excluding carboxylic acids is 1. The molecule has 2 aromatic rings. The molecule has 2 heterocycles. The zero-order valence-corrected chi connectivity index (χ0v) is 17.9. The molecule has 0 bridgehead atoms. The highest BCUT2D eigenvalue weighted by Crippen LogP contribution is 2.24. The number of carbonyl (C=O) groups is 1. The van der Waals surface area contributed by atoms with Crippen molar-refractivity contribution in [1.82, 2.24) is 9.21 Å². The summed E-state index contributed by atoms with van der Waals surface area (Å²) in [6.45, 7) is 5.65. The molecule has 1 saturated heterocycles. The first-order valence-electron chi connectivity index (χ1n) is 9.16. The quantitative estimate of drug-likeness (QED) is 0.602. The maximum Gasteiger partial charge on any atom is 0.254 e. The first-order valence-corrected chi connectivity index (χ1v) is 11.8. The van der Waals surface area contributed by atoms with Crippen molar-refractivity contribution in [1.29, 1.82) is 0 Å². The molecule has 0 unspecified atom stereocenters. The van der Waals surface area contributed by atoms with Crippen LogP contribution in [0.25, 0.3) is 0 Å². The highest BCUT2D eigenvalue weighted by atomic mass is 35.5. The van der Waals surface area contributed by atoms with E-state index < -0.39 is 10.0 Å². The number of amides is 1. The van der Waals surface area contributed by atoms with Crippen molar-refractivity contribution < 1.29 is 13.2 Å². The normalized spacial score (nSPS) is 15.3. The lowest BCUT2D eigenvalue weighted by molar-refractivity contribution is 0.0764. The molecule has 0 atom stereocenters. The lowest BCUT2D eigenvalue weighted by Crippen LogP contribution is -2.35. The van der Waals surface area contributed by atoms with Gasteiger partial charge in [0.15, 0.2) is 0 Å². The van der Waals surface area contributed by atoms with Crippen LogP contribution in [0, 0.1) is 0 Å². The van der Waals surface area contributed by atoms with Gasteiger partial charge in [-0.1, -0.05) is 24.1 Å². The average Bonchev–Trinajstić information content (AvgIpc) is 3.12. The molecule has 0 saturated carbocycles. The van der Waals surface area contributed by atoms with Gasteiger partial charge in [0.25, 0.3) is 5.91 Å². The van der Waals surface area contributed by atoms with Gasteiger partial charge in [-0.3, -0.25) is 4.79 Å². The highest BCUT2D eigenvalue weighted by molar-refractivity contribution is 7.89. The number of sulfonamides is 1. The Morgan fingerprint density at radius 2 is 1.82 bits per heavy atom. The van der Waals surface area contributed by atoms with Crippen LogP contribution in [0.15, 0.2) is 53.9 Å². The Morgan fingerprint density at radius 3 is 2.39 bits per heavy atom. The number of rotatable bonds is 7. The molecule has 0 spiro atoms. The minimum atomic E-state index is -3.50. The van der Waals surface area contributed by atoms with E-state index in [0.717, 1.165) is 24.1 Å². The van der Waals surface area contributed by atoms with Crippen LogP contribution in [0.4, 0.5) is 0 Å². The van der Waals surface area contributed by atoms with Gasteiger partial charge in [-0.2, -0.15) is 4.31 Å². The second-order valence-corrected chi connectivity index (χ2v) is 10.4. The van der Waals surface area contributed by atoms with Crippen LogP contribution in [-0.4, -0.2) is 43.2 Å². The molecule has 1 fully saturated rings. The number of hydrogen-bond acceptors (Lipinski definition) is 4. The predicted octanol–water partition coefficient (Wildman–Crippen LogP) is 4.40. The zero-order chi connectivity index (χ0) is 20.1. The smallest absolute Gasteiger partial charge is 0.254 e. The molecule has 8 heteroatoms. The third-order valence-corrected chi connectivity index (χ3v) is 7.80. The van der Waals surface area contributed by atoms with Crippen molar-refractivity contribution >= 4 is 38.9 Å². The van der Waals surface area contributed by atoms with E-state index in [9.17, 15) is 13.2 Å². The van der Waals surface area contributed by atoms with E-state index in [1.54, 1.807) is 29.2 Å². The molecule has 150 valence electrons. The summed E-state index contributed by atoms with van der Waals surface area (Å²) in [7, 11) is -3.50. The van der Waals surface area contributed by atoms with Crippen LogP contribution in [0.5, 0.6) is 0 Å². The van der Waals surface area contributed by atoms with Gasteiger partial charge in [0.2, 0.25) is 10.0 Å². The second-order valence-electron chi connectivity index (χ2n) is 6.67. The minimum Gasteiger partial charge on any atom is -0.330 e. The SMILES string of the molecule is C=CCN(Cc1ccc(Cl)s1)C(=O)c1ccc(S(=O)(=O)N2CCCCC2)cc1. The van der Waals surface area contributed by atoms with Gasteiger partial charge in [0.05, 0.1) is 15.8 Å². The second kappa shape index (κ2) is 9.22. The van der Waals surface area contributed by atoms with Crippen molar-refractivity contribution in [2.75, 3.05) is 19.6 Å². The Balaban J connectivity index is 1.76. The summed E-state index contributed by atoms with van der Waals surface area (Å²) in [5, 5.41) is 0. The lowest BCUT2D eigenvalue weighted by Gasteiger charge is -2.26. The van der Waals surface area contributed by atoms with Crippen molar-refractivity contribution in [3.8, 4) is 0 Å². The topological polar surface area (TPSA) is 57.7 Å². The molecule has 0 radical (unpaired) electrons. The number of piperidine rings is 1. The summed E-state index contributed by atoms with van der Waals surface area (Å²) in [6.07, 6.45) is 4.51. The van der Waals surface area contributed by atoms with E-state index in [-0.39, 0.29) is 10.8 Å². The van der Waals surface area contributed by atoms with Gasteiger partial charge in [-0.15, -0.1) is 17.9 Å². The molecule has 28 heavy (non-hydrogen) atoms. The first-order chi connectivity index (χ1) is 13.4. The van der Waals surface area contributed by atoms with E-state index in [2.05, 4.69) is 6.58 Å². The number of nitrogens with zero attached hydrogens (tertiary/aromatic N) is 2.